The first-order chi connectivity index (χ1) is 12.1. The second-order valence-electron chi connectivity index (χ2n) is 6.76. The summed E-state index contributed by atoms with van der Waals surface area (Å²) in [6.07, 6.45) is 4.01. The van der Waals surface area contributed by atoms with Crippen molar-refractivity contribution >= 4 is 5.91 Å². The van der Waals surface area contributed by atoms with Crippen molar-refractivity contribution in [2.24, 2.45) is 0 Å². The van der Waals surface area contributed by atoms with E-state index in [9.17, 15) is 4.79 Å². The molecule has 1 aliphatic heterocycles. The van der Waals surface area contributed by atoms with Crippen LogP contribution in [0.2, 0.25) is 0 Å². The van der Waals surface area contributed by atoms with E-state index in [4.69, 9.17) is 9.15 Å². The molecule has 5 heteroatoms. The molecular formula is C20H34N2O3. The van der Waals surface area contributed by atoms with Gasteiger partial charge in [-0.25, -0.2) is 0 Å². The number of furan rings is 1. The van der Waals surface area contributed by atoms with Crippen molar-refractivity contribution in [3.8, 4) is 0 Å². The van der Waals surface area contributed by atoms with Gasteiger partial charge in [-0.1, -0.05) is 27.7 Å². The van der Waals surface area contributed by atoms with Gasteiger partial charge in [0.2, 0.25) is 0 Å². The Hall–Kier alpha value is -1.33. The topological polar surface area (TPSA) is 45.9 Å². The first-order valence-electron chi connectivity index (χ1n) is 9.87. The molecule has 25 heavy (non-hydrogen) atoms. The van der Waals surface area contributed by atoms with Gasteiger partial charge in [0.1, 0.15) is 5.76 Å². The van der Waals surface area contributed by atoms with Crippen molar-refractivity contribution in [1.29, 1.82) is 0 Å². The lowest BCUT2D eigenvalue weighted by Crippen LogP contribution is -2.43. The number of piperidine rings is 1. The van der Waals surface area contributed by atoms with E-state index in [0.29, 0.717) is 12.3 Å². The van der Waals surface area contributed by atoms with Crippen LogP contribution in [0.5, 0.6) is 0 Å². The van der Waals surface area contributed by atoms with E-state index >= 15 is 0 Å². The molecule has 1 atom stereocenters. The van der Waals surface area contributed by atoms with Crippen LogP contribution >= 0.6 is 0 Å². The summed E-state index contributed by atoms with van der Waals surface area (Å²) in [6.45, 7) is 13.6. The first-order valence-corrected chi connectivity index (χ1v) is 9.87. The van der Waals surface area contributed by atoms with Gasteiger partial charge in [-0.15, -0.1) is 0 Å². The van der Waals surface area contributed by atoms with Gasteiger partial charge in [0.05, 0.1) is 6.10 Å². The Labute approximate surface area is 152 Å². The Morgan fingerprint density at radius 1 is 1.32 bits per heavy atom. The normalized spacial score (nSPS) is 18.1. The third-order valence-electron chi connectivity index (χ3n) is 4.94. The predicted molar refractivity (Wildman–Crippen MR) is 99.9 cm³/mol. The van der Waals surface area contributed by atoms with Crippen LogP contribution in [0.4, 0.5) is 0 Å². The van der Waals surface area contributed by atoms with Crippen molar-refractivity contribution in [2.45, 2.75) is 66.0 Å². The molecule has 0 N–H and O–H groups in total. The molecular weight excluding hydrogens is 316 g/mol. The zero-order chi connectivity index (χ0) is 18.2. The lowest BCUT2D eigenvalue weighted by Gasteiger charge is -2.32. The van der Waals surface area contributed by atoms with Crippen molar-refractivity contribution in [3.63, 3.8) is 0 Å². The van der Waals surface area contributed by atoms with Gasteiger partial charge in [0.25, 0.3) is 5.91 Å². The molecule has 1 saturated heterocycles. The summed E-state index contributed by atoms with van der Waals surface area (Å²) in [5, 5.41) is 0. The largest absolute Gasteiger partial charge is 0.456 e. The molecule has 0 aliphatic carbocycles. The van der Waals surface area contributed by atoms with Gasteiger partial charge in [-0.2, -0.15) is 0 Å². The summed E-state index contributed by atoms with van der Waals surface area (Å²) in [5.74, 6) is 1.42. The Kier molecular flexibility index (Phi) is 7.97. The Balaban J connectivity index is 2.06. The van der Waals surface area contributed by atoms with Gasteiger partial charge in [-0.3, -0.25) is 9.69 Å². The highest BCUT2D eigenvalue weighted by molar-refractivity contribution is 5.92. The molecule has 0 unspecified atom stereocenters. The van der Waals surface area contributed by atoms with Crippen LogP contribution in [0.3, 0.4) is 0 Å². The summed E-state index contributed by atoms with van der Waals surface area (Å²) < 4.78 is 11.8. The van der Waals surface area contributed by atoms with E-state index in [1.807, 2.05) is 11.0 Å². The van der Waals surface area contributed by atoms with E-state index in [2.05, 4.69) is 32.6 Å². The fraction of sp³-hybridized carbons (Fsp3) is 0.750. The number of hydrogen-bond acceptors (Lipinski definition) is 4. The van der Waals surface area contributed by atoms with Crippen molar-refractivity contribution in [1.82, 2.24) is 9.80 Å². The van der Waals surface area contributed by atoms with Gasteiger partial charge < -0.3 is 14.1 Å². The van der Waals surface area contributed by atoms with Crippen molar-refractivity contribution < 1.29 is 13.9 Å². The molecule has 0 radical (unpaired) electrons. The lowest BCUT2D eigenvalue weighted by atomic mass is 10.1. The van der Waals surface area contributed by atoms with E-state index < -0.39 is 0 Å². The van der Waals surface area contributed by atoms with Crippen LogP contribution in [-0.2, 0) is 17.7 Å². The molecule has 1 aliphatic rings. The molecule has 5 nitrogen and oxygen atoms in total. The number of ether oxygens (including phenoxy) is 1. The minimum atomic E-state index is 0.00490. The number of likely N-dealkylation sites (tertiary alicyclic amines) is 1. The number of aryl methyl sites for hydroxylation is 1. The fourth-order valence-electron chi connectivity index (χ4n) is 3.39. The number of carbonyl (C=O) groups excluding carboxylic acids is 1. The molecule has 0 saturated carbocycles. The summed E-state index contributed by atoms with van der Waals surface area (Å²) >= 11 is 0. The van der Waals surface area contributed by atoms with E-state index in [0.717, 1.165) is 69.8 Å². The third kappa shape index (κ3) is 5.32. The smallest absolute Gasteiger partial charge is 0.289 e. The Morgan fingerprint density at radius 2 is 2.08 bits per heavy atom. The van der Waals surface area contributed by atoms with Gasteiger partial charge in [0, 0.05) is 38.2 Å². The van der Waals surface area contributed by atoms with Gasteiger partial charge >= 0.3 is 0 Å². The van der Waals surface area contributed by atoms with Gasteiger partial charge in [0.15, 0.2) is 5.76 Å². The standard InChI is InChI=1S/C20H34N2O3/c1-5-12-24-17-10-9-11-22(15-17)20(23)19-13-16(18(6-2)25-19)14-21(7-3)8-4/h13,17H,5-12,14-15H2,1-4H3/t17-/m1/s1. The molecule has 0 spiro atoms. The fourth-order valence-corrected chi connectivity index (χ4v) is 3.39. The molecule has 142 valence electrons. The summed E-state index contributed by atoms with van der Waals surface area (Å²) in [4.78, 5) is 17.1. The quantitative estimate of drug-likeness (QED) is 0.681. The summed E-state index contributed by atoms with van der Waals surface area (Å²) in [7, 11) is 0. The number of amides is 1. The second-order valence-corrected chi connectivity index (χ2v) is 6.76. The molecule has 1 amide bonds. The number of rotatable bonds is 9. The SMILES string of the molecule is CCCO[C@@H]1CCCN(C(=O)c2cc(CN(CC)CC)c(CC)o2)C1. The lowest BCUT2D eigenvalue weighted by molar-refractivity contribution is 0.00111. The molecule has 2 rings (SSSR count). The van der Waals surface area contributed by atoms with Crippen LogP contribution in [0, 0.1) is 0 Å². The highest BCUT2D eigenvalue weighted by Gasteiger charge is 2.27. The van der Waals surface area contributed by atoms with E-state index in [1.54, 1.807) is 0 Å². The van der Waals surface area contributed by atoms with Crippen LogP contribution in [-0.4, -0.2) is 54.6 Å². The maximum atomic E-state index is 12.9. The molecule has 2 heterocycles. The van der Waals surface area contributed by atoms with Crippen LogP contribution in [0.1, 0.15) is 68.8 Å². The molecule has 1 aromatic heterocycles. The summed E-state index contributed by atoms with van der Waals surface area (Å²) in [6, 6.07) is 1.95. The first kappa shape index (κ1) is 20.0. The number of hydrogen-bond donors (Lipinski definition) is 0. The number of carbonyl (C=O) groups is 1. The van der Waals surface area contributed by atoms with E-state index in [1.165, 1.54) is 0 Å². The molecule has 1 fully saturated rings. The van der Waals surface area contributed by atoms with Crippen LogP contribution in [0.15, 0.2) is 10.5 Å². The minimum Gasteiger partial charge on any atom is -0.456 e. The highest BCUT2D eigenvalue weighted by Crippen LogP contribution is 2.22. The number of nitrogens with zero attached hydrogens (tertiary/aromatic N) is 2. The Bertz CT molecular complexity index is 537. The second kappa shape index (κ2) is 9.97. The van der Waals surface area contributed by atoms with Gasteiger partial charge in [-0.05, 0) is 38.4 Å². The summed E-state index contributed by atoms with van der Waals surface area (Å²) in [5.41, 5.74) is 1.14. The minimum absolute atomic E-state index is 0.00490. The monoisotopic (exact) mass is 350 g/mol. The average molecular weight is 351 g/mol. The molecule has 0 bridgehead atoms. The zero-order valence-electron chi connectivity index (χ0n) is 16.3. The predicted octanol–water partition coefficient (Wildman–Crippen LogP) is 3.72. The maximum Gasteiger partial charge on any atom is 0.289 e. The zero-order valence-corrected chi connectivity index (χ0v) is 16.3. The van der Waals surface area contributed by atoms with Crippen molar-refractivity contribution in [3.05, 3.63) is 23.2 Å². The van der Waals surface area contributed by atoms with Crippen molar-refractivity contribution in [2.75, 3.05) is 32.8 Å². The van der Waals surface area contributed by atoms with Crippen LogP contribution in [0.25, 0.3) is 0 Å². The molecule has 0 aromatic carbocycles. The third-order valence-corrected chi connectivity index (χ3v) is 4.94. The highest BCUT2D eigenvalue weighted by atomic mass is 16.5. The maximum absolute atomic E-state index is 12.9. The average Bonchev–Trinajstić information content (AvgIpc) is 3.06. The van der Waals surface area contributed by atoms with E-state index in [-0.39, 0.29) is 12.0 Å². The Morgan fingerprint density at radius 3 is 2.72 bits per heavy atom. The molecule has 1 aromatic rings. The van der Waals surface area contributed by atoms with Crippen LogP contribution < -0.4 is 0 Å².